The molecule has 0 aliphatic heterocycles. The molecule has 0 spiro atoms. The van der Waals surface area contributed by atoms with Crippen LogP contribution in [0.3, 0.4) is 0 Å². The molecule has 3 aromatic carbocycles. The van der Waals surface area contributed by atoms with E-state index < -0.39 is 6.09 Å². The zero-order valence-corrected chi connectivity index (χ0v) is 20.0. The number of nitrogens with two attached hydrogens (primary N) is 1. The van der Waals surface area contributed by atoms with E-state index in [1.807, 2.05) is 74.4 Å². The molecule has 4 N–H and O–H groups in total. The van der Waals surface area contributed by atoms with Gasteiger partial charge in [-0.1, -0.05) is 18.2 Å². The molecule has 0 aromatic heterocycles. The van der Waals surface area contributed by atoms with E-state index in [-0.39, 0.29) is 5.91 Å². The summed E-state index contributed by atoms with van der Waals surface area (Å²) in [5.74, 6) is -0.299. The Morgan fingerprint density at radius 3 is 2.12 bits per heavy atom. The highest BCUT2D eigenvalue weighted by atomic mass is 16.5. The van der Waals surface area contributed by atoms with Crippen LogP contribution in [0.5, 0.6) is 0 Å². The van der Waals surface area contributed by atoms with Gasteiger partial charge in [0.2, 0.25) is 0 Å². The summed E-state index contributed by atoms with van der Waals surface area (Å²) in [5, 5.41) is 5.52. The molecule has 0 heterocycles. The molecule has 0 unspecified atom stereocenters. The van der Waals surface area contributed by atoms with Crippen LogP contribution in [0.2, 0.25) is 0 Å². The van der Waals surface area contributed by atoms with Crippen LogP contribution in [0.15, 0.2) is 66.7 Å². The summed E-state index contributed by atoms with van der Waals surface area (Å²) in [6, 6.07) is 20.3. The number of benzene rings is 3. The van der Waals surface area contributed by atoms with Gasteiger partial charge in [0.1, 0.15) is 6.61 Å². The second-order valence-corrected chi connectivity index (χ2v) is 8.34. The van der Waals surface area contributed by atoms with Crippen molar-refractivity contribution in [3.05, 3.63) is 72.3 Å². The standard InChI is InChI=1S/C26H31N5O3/c1-30(2)15-16-34-26(33)28-21-10-5-19(6-11-21)25(32)29-24-17-20(9-14-23(24)27)18-7-12-22(13-8-18)31(3)4/h5-14,17H,15-16,27H2,1-4H3,(H,28,33)(H,29,32). The van der Waals surface area contributed by atoms with Crippen LogP contribution >= 0.6 is 0 Å². The maximum Gasteiger partial charge on any atom is 0.411 e. The lowest BCUT2D eigenvalue weighted by Gasteiger charge is -2.14. The van der Waals surface area contributed by atoms with Crippen LogP contribution in [0.4, 0.5) is 27.5 Å². The van der Waals surface area contributed by atoms with Crippen LogP contribution < -0.4 is 21.3 Å². The number of amides is 2. The van der Waals surface area contributed by atoms with Crippen molar-refractivity contribution in [2.75, 3.05) is 62.6 Å². The molecule has 3 rings (SSSR count). The smallest absolute Gasteiger partial charge is 0.411 e. The Kier molecular flexibility index (Phi) is 8.10. The van der Waals surface area contributed by atoms with Crippen LogP contribution in [0, 0.1) is 0 Å². The van der Waals surface area contributed by atoms with E-state index in [2.05, 4.69) is 10.6 Å². The van der Waals surface area contributed by atoms with Gasteiger partial charge >= 0.3 is 6.09 Å². The highest BCUT2D eigenvalue weighted by molar-refractivity contribution is 6.06. The molecule has 178 valence electrons. The third kappa shape index (κ3) is 6.73. The van der Waals surface area contributed by atoms with Crippen molar-refractivity contribution < 1.29 is 14.3 Å². The van der Waals surface area contributed by atoms with Gasteiger partial charge in [-0.15, -0.1) is 0 Å². The number of nitrogens with zero attached hydrogens (tertiary/aromatic N) is 2. The van der Waals surface area contributed by atoms with Gasteiger partial charge in [0.25, 0.3) is 5.91 Å². The molecule has 0 aliphatic rings. The lowest BCUT2D eigenvalue weighted by molar-refractivity contribution is 0.102. The number of hydrogen-bond acceptors (Lipinski definition) is 6. The molecule has 8 heteroatoms. The molecule has 3 aromatic rings. The van der Waals surface area contributed by atoms with Crippen molar-refractivity contribution in [1.29, 1.82) is 0 Å². The fraction of sp³-hybridized carbons (Fsp3) is 0.231. The lowest BCUT2D eigenvalue weighted by Crippen LogP contribution is -2.22. The molecule has 0 saturated heterocycles. The Balaban J connectivity index is 1.65. The number of carbonyl (C=O) groups excluding carboxylic acids is 2. The first-order chi connectivity index (χ1) is 16.2. The van der Waals surface area contributed by atoms with E-state index >= 15 is 0 Å². The molecular weight excluding hydrogens is 430 g/mol. The third-order valence-electron chi connectivity index (χ3n) is 5.18. The van der Waals surface area contributed by atoms with E-state index in [0.29, 0.717) is 35.8 Å². The van der Waals surface area contributed by atoms with Crippen molar-refractivity contribution >= 4 is 34.7 Å². The number of ether oxygens (including phenoxy) is 1. The number of nitrogen functional groups attached to an aromatic ring is 1. The Bertz CT molecular complexity index is 1130. The van der Waals surface area contributed by atoms with E-state index in [1.54, 1.807) is 30.3 Å². The van der Waals surface area contributed by atoms with Crippen LogP contribution in [-0.2, 0) is 4.74 Å². The average molecular weight is 462 g/mol. The molecule has 0 fully saturated rings. The van der Waals surface area contributed by atoms with Crippen molar-refractivity contribution in [3.63, 3.8) is 0 Å². The van der Waals surface area contributed by atoms with Crippen LogP contribution in [-0.4, -0.2) is 58.2 Å². The summed E-state index contributed by atoms with van der Waals surface area (Å²) in [6.07, 6.45) is -0.540. The summed E-state index contributed by atoms with van der Waals surface area (Å²) in [7, 11) is 7.79. The van der Waals surface area contributed by atoms with Gasteiger partial charge < -0.3 is 25.6 Å². The number of hydrogen-bond donors (Lipinski definition) is 3. The van der Waals surface area contributed by atoms with Gasteiger partial charge in [-0.3, -0.25) is 10.1 Å². The minimum atomic E-state index is -0.540. The normalized spacial score (nSPS) is 10.6. The zero-order chi connectivity index (χ0) is 24.7. The monoisotopic (exact) mass is 461 g/mol. The maximum atomic E-state index is 12.8. The number of carbonyl (C=O) groups is 2. The molecule has 0 saturated carbocycles. The molecule has 8 nitrogen and oxygen atoms in total. The van der Waals surface area contributed by atoms with Crippen LogP contribution in [0.25, 0.3) is 11.1 Å². The SMILES string of the molecule is CN(C)CCOC(=O)Nc1ccc(C(=O)Nc2cc(-c3ccc(N(C)C)cc3)ccc2N)cc1. The topological polar surface area (TPSA) is 99.9 Å². The largest absolute Gasteiger partial charge is 0.448 e. The zero-order valence-electron chi connectivity index (χ0n) is 20.0. The first-order valence-corrected chi connectivity index (χ1v) is 10.9. The highest BCUT2D eigenvalue weighted by Gasteiger charge is 2.11. The van der Waals surface area contributed by atoms with Crippen LogP contribution in [0.1, 0.15) is 10.4 Å². The second-order valence-electron chi connectivity index (χ2n) is 8.34. The average Bonchev–Trinajstić information content (AvgIpc) is 2.80. The molecule has 34 heavy (non-hydrogen) atoms. The first kappa shape index (κ1) is 24.6. The summed E-state index contributed by atoms with van der Waals surface area (Å²) < 4.78 is 5.11. The molecule has 0 atom stereocenters. The number of likely N-dealkylation sites (N-methyl/N-ethyl adjacent to an activating group) is 1. The Morgan fingerprint density at radius 2 is 1.50 bits per heavy atom. The molecule has 2 amide bonds. The minimum Gasteiger partial charge on any atom is -0.448 e. The Hall–Kier alpha value is -4.04. The number of rotatable bonds is 8. The van der Waals surface area contributed by atoms with Crippen molar-refractivity contribution in [3.8, 4) is 11.1 Å². The van der Waals surface area contributed by atoms with Crippen molar-refractivity contribution in [1.82, 2.24) is 4.90 Å². The molecule has 0 bridgehead atoms. The Morgan fingerprint density at radius 1 is 0.853 bits per heavy atom. The molecule has 0 radical (unpaired) electrons. The summed E-state index contributed by atoms with van der Waals surface area (Å²) in [4.78, 5) is 28.6. The quantitative estimate of drug-likeness (QED) is 0.431. The summed E-state index contributed by atoms with van der Waals surface area (Å²) in [6.45, 7) is 0.928. The lowest BCUT2D eigenvalue weighted by atomic mass is 10.0. The van der Waals surface area contributed by atoms with E-state index in [4.69, 9.17) is 10.5 Å². The van der Waals surface area contributed by atoms with Gasteiger partial charge in [-0.05, 0) is 73.8 Å². The van der Waals surface area contributed by atoms with E-state index in [0.717, 1.165) is 16.8 Å². The number of anilines is 4. The van der Waals surface area contributed by atoms with Gasteiger partial charge in [-0.2, -0.15) is 0 Å². The van der Waals surface area contributed by atoms with Gasteiger partial charge in [0.05, 0.1) is 11.4 Å². The molecule has 0 aliphatic carbocycles. The fourth-order valence-electron chi connectivity index (χ4n) is 3.17. The summed E-state index contributed by atoms with van der Waals surface area (Å²) in [5.41, 5.74) is 11.2. The highest BCUT2D eigenvalue weighted by Crippen LogP contribution is 2.29. The third-order valence-corrected chi connectivity index (χ3v) is 5.18. The Labute approximate surface area is 200 Å². The van der Waals surface area contributed by atoms with E-state index in [9.17, 15) is 9.59 Å². The van der Waals surface area contributed by atoms with Gasteiger partial charge in [-0.25, -0.2) is 4.79 Å². The van der Waals surface area contributed by atoms with Crippen molar-refractivity contribution in [2.45, 2.75) is 0 Å². The summed E-state index contributed by atoms with van der Waals surface area (Å²) >= 11 is 0. The van der Waals surface area contributed by atoms with E-state index in [1.165, 1.54) is 0 Å². The first-order valence-electron chi connectivity index (χ1n) is 10.9. The number of nitrogens with one attached hydrogen (secondary N) is 2. The van der Waals surface area contributed by atoms with Gasteiger partial charge in [0, 0.05) is 37.6 Å². The maximum absolute atomic E-state index is 12.8. The fourth-order valence-corrected chi connectivity index (χ4v) is 3.17. The van der Waals surface area contributed by atoms with Crippen molar-refractivity contribution in [2.24, 2.45) is 0 Å². The molecular formula is C26H31N5O3. The second kappa shape index (κ2) is 11.2. The minimum absolute atomic E-state index is 0.291. The van der Waals surface area contributed by atoms with Gasteiger partial charge in [0.15, 0.2) is 0 Å². The predicted molar refractivity (Wildman–Crippen MR) is 139 cm³/mol. The predicted octanol–water partition coefficient (Wildman–Crippen LogP) is 4.36.